The number of esters is 1. The highest BCUT2D eigenvalue weighted by Gasteiger charge is 2.27. The zero-order valence-corrected chi connectivity index (χ0v) is 21.8. The van der Waals surface area contributed by atoms with Crippen LogP contribution in [0, 0.1) is 5.92 Å². The minimum atomic E-state index is -0.410. The van der Waals surface area contributed by atoms with E-state index < -0.39 is 5.97 Å². The Morgan fingerprint density at radius 1 is 1.00 bits per heavy atom. The normalized spacial score (nSPS) is 15.3. The number of ether oxygens (including phenoxy) is 2. The van der Waals surface area contributed by atoms with Gasteiger partial charge in [-0.3, -0.25) is 4.79 Å². The number of nitrogens with zero attached hydrogens (tertiary/aromatic N) is 1. The molecule has 5 rings (SSSR count). The maximum Gasteiger partial charge on any atom is 0.330 e. The lowest BCUT2D eigenvalue weighted by Crippen LogP contribution is -2.36. The lowest BCUT2D eigenvalue weighted by atomic mass is 9.88. The summed E-state index contributed by atoms with van der Waals surface area (Å²) in [5, 5.41) is 3.36. The number of amides is 1. The van der Waals surface area contributed by atoms with E-state index in [-0.39, 0.29) is 11.8 Å². The molecule has 0 radical (unpaired) electrons. The fourth-order valence-electron chi connectivity index (χ4n) is 5.19. The molecular formula is C32H34N2O4. The van der Waals surface area contributed by atoms with E-state index in [4.69, 9.17) is 9.47 Å². The van der Waals surface area contributed by atoms with Crippen molar-refractivity contribution in [1.29, 1.82) is 0 Å². The summed E-state index contributed by atoms with van der Waals surface area (Å²) in [4.78, 5) is 27.2. The summed E-state index contributed by atoms with van der Waals surface area (Å²) in [6, 6.07) is 22.4. The second-order valence-electron chi connectivity index (χ2n) is 9.89. The number of anilines is 2. The molecule has 0 bridgehead atoms. The molecule has 0 unspecified atom stereocenters. The summed E-state index contributed by atoms with van der Waals surface area (Å²) >= 11 is 0. The Labute approximate surface area is 224 Å². The van der Waals surface area contributed by atoms with Gasteiger partial charge < -0.3 is 19.7 Å². The average molecular weight is 511 g/mol. The van der Waals surface area contributed by atoms with Crippen LogP contribution in [0.4, 0.5) is 11.4 Å². The number of fused-ring (bicyclic) bond motifs is 1. The molecule has 6 nitrogen and oxygen atoms in total. The van der Waals surface area contributed by atoms with Crippen molar-refractivity contribution >= 4 is 29.3 Å². The summed E-state index contributed by atoms with van der Waals surface area (Å²) < 4.78 is 10.5. The van der Waals surface area contributed by atoms with Gasteiger partial charge >= 0.3 is 5.97 Å². The Kier molecular flexibility index (Phi) is 8.07. The topological polar surface area (TPSA) is 67.9 Å². The van der Waals surface area contributed by atoms with Crippen molar-refractivity contribution in [1.82, 2.24) is 0 Å². The van der Waals surface area contributed by atoms with Crippen LogP contribution in [0.2, 0.25) is 0 Å². The monoisotopic (exact) mass is 510 g/mol. The number of rotatable bonds is 7. The third-order valence-corrected chi connectivity index (χ3v) is 7.30. The molecule has 0 aromatic heterocycles. The van der Waals surface area contributed by atoms with Crippen LogP contribution >= 0.6 is 0 Å². The maximum atomic E-state index is 13.8. The minimum absolute atomic E-state index is 0.0430. The summed E-state index contributed by atoms with van der Waals surface area (Å²) in [6.07, 6.45) is 8.37. The molecule has 1 N–H and O–H groups in total. The summed E-state index contributed by atoms with van der Waals surface area (Å²) in [5.74, 6) is 0.680. The molecule has 2 aliphatic rings. The van der Waals surface area contributed by atoms with Crippen LogP contribution in [-0.2, 0) is 20.9 Å². The highest BCUT2D eigenvalue weighted by Crippen LogP contribution is 2.33. The minimum Gasteiger partial charge on any atom is -0.490 e. The van der Waals surface area contributed by atoms with E-state index in [1.165, 1.54) is 19.6 Å². The summed E-state index contributed by atoms with van der Waals surface area (Å²) in [5.41, 5.74) is 5.95. The zero-order valence-electron chi connectivity index (χ0n) is 21.8. The third-order valence-electron chi connectivity index (χ3n) is 7.30. The van der Waals surface area contributed by atoms with Crippen molar-refractivity contribution in [3.8, 4) is 16.9 Å². The first-order valence-corrected chi connectivity index (χ1v) is 13.4. The Bertz CT molecular complexity index is 1310. The molecule has 1 saturated carbocycles. The van der Waals surface area contributed by atoms with E-state index in [1.54, 1.807) is 6.08 Å². The number of nitrogens with one attached hydrogen (secondary N) is 1. The van der Waals surface area contributed by atoms with E-state index >= 15 is 0 Å². The molecule has 3 aromatic rings. The van der Waals surface area contributed by atoms with Crippen LogP contribution in [0.15, 0.2) is 72.8 Å². The highest BCUT2D eigenvalue weighted by molar-refractivity contribution is 5.95. The Balaban J connectivity index is 1.39. The van der Waals surface area contributed by atoms with Gasteiger partial charge in [0.2, 0.25) is 5.91 Å². The highest BCUT2D eigenvalue weighted by atomic mass is 16.5. The SMILES string of the molecule is COC(=O)C=Cc1cccc(N(Cc2ccc(-c3ccc4c(c3)OCCN4)cc2)C(=O)C2CCCCC2)c1. The van der Waals surface area contributed by atoms with Gasteiger partial charge in [-0.1, -0.05) is 61.7 Å². The van der Waals surface area contributed by atoms with E-state index in [2.05, 4.69) is 47.8 Å². The van der Waals surface area contributed by atoms with Crippen molar-refractivity contribution in [3.63, 3.8) is 0 Å². The molecule has 6 heteroatoms. The van der Waals surface area contributed by atoms with Crippen molar-refractivity contribution in [2.45, 2.75) is 38.6 Å². The van der Waals surface area contributed by atoms with Crippen molar-refractivity contribution in [2.75, 3.05) is 30.5 Å². The molecule has 1 aliphatic carbocycles. The van der Waals surface area contributed by atoms with Gasteiger partial charge in [-0.05, 0) is 65.4 Å². The fraction of sp³-hybridized carbons (Fsp3) is 0.312. The molecule has 0 atom stereocenters. The van der Waals surface area contributed by atoms with E-state index in [9.17, 15) is 9.59 Å². The smallest absolute Gasteiger partial charge is 0.330 e. The van der Waals surface area contributed by atoms with Gasteiger partial charge in [-0.15, -0.1) is 0 Å². The molecular weight excluding hydrogens is 476 g/mol. The summed E-state index contributed by atoms with van der Waals surface area (Å²) in [7, 11) is 1.36. The van der Waals surface area contributed by atoms with E-state index in [0.29, 0.717) is 13.2 Å². The Morgan fingerprint density at radius 2 is 1.79 bits per heavy atom. The van der Waals surface area contributed by atoms with E-state index in [0.717, 1.165) is 71.6 Å². The molecule has 1 heterocycles. The number of methoxy groups -OCH3 is 1. The third kappa shape index (κ3) is 6.08. The standard InChI is InChI=1S/C32H34N2O4/c1-37-31(35)17-12-23-6-5-9-28(20-23)34(32(36)26-7-3-2-4-8-26)22-24-10-13-25(14-11-24)27-15-16-29-30(21-27)38-19-18-33-29/h5-6,9-17,20-21,26,33H,2-4,7-8,18-19,22H2,1H3. The first-order chi connectivity index (χ1) is 18.6. The van der Waals surface area contributed by atoms with Gasteiger partial charge in [-0.2, -0.15) is 0 Å². The predicted molar refractivity (Wildman–Crippen MR) is 151 cm³/mol. The first kappa shape index (κ1) is 25.6. The Hall–Kier alpha value is -4.06. The van der Waals surface area contributed by atoms with Crippen LogP contribution in [0.1, 0.15) is 43.2 Å². The van der Waals surface area contributed by atoms with Crippen LogP contribution in [0.25, 0.3) is 17.2 Å². The molecule has 196 valence electrons. The van der Waals surface area contributed by atoms with Gasteiger partial charge in [0, 0.05) is 24.2 Å². The number of benzene rings is 3. The molecule has 38 heavy (non-hydrogen) atoms. The van der Waals surface area contributed by atoms with Crippen molar-refractivity contribution in [3.05, 3.63) is 83.9 Å². The van der Waals surface area contributed by atoms with Crippen LogP contribution in [-0.4, -0.2) is 32.1 Å². The molecule has 1 aliphatic heterocycles. The van der Waals surface area contributed by atoms with E-state index in [1.807, 2.05) is 29.2 Å². The number of hydrogen-bond donors (Lipinski definition) is 1. The second kappa shape index (κ2) is 12.0. The number of hydrogen-bond acceptors (Lipinski definition) is 5. The lowest BCUT2D eigenvalue weighted by Gasteiger charge is -2.30. The van der Waals surface area contributed by atoms with Crippen LogP contribution in [0.5, 0.6) is 5.75 Å². The molecule has 1 amide bonds. The second-order valence-corrected chi connectivity index (χ2v) is 9.89. The van der Waals surface area contributed by atoms with Crippen LogP contribution < -0.4 is 15.0 Å². The number of carbonyl (C=O) groups is 2. The molecule has 3 aromatic carbocycles. The Morgan fingerprint density at radius 3 is 2.58 bits per heavy atom. The molecule has 0 spiro atoms. The quantitative estimate of drug-likeness (QED) is 0.292. The fourth-order valence-corrected chi connectivity index (χ4v) is 5.19. The molecule has 0 saturated heterocycles. The number of carbonyl (C=O) groups excluding carboxylic acids is 2. The van der Waals surface area contributed by atoms with Crippen molar-refractivity contribution in [2.24, 2.45) is 5.92 Å². The average Bonchev–Trinajstić information content (AvgIpc) is 2.99. The summed E-state index contributed by atoms with van der Waals surface area (Å²) in [6.45, 7) is 1.97. The van der Waals surface area contributed by atoms with Gasteiger partial charge in [0.15, 0.2) is 0 Å². The first-order valence-electron chi connectivity index (χ1n) is 13.4. The largest absolute Gasteiger partial charge is 0.490 e. The zero-order chi connectivity index (χ0) is 26.3. The van der Waals surface area contributed by atoms with Gasteiger partial charge in [0.05, 0.1) is 19.3 Å². The maximum absolute atomic E-state index is 13.8. The van der Waals surface area contributed by atoms with Gasteiger partial charge in [0.25, 0.3) is 0 Å². The molecule has 1 fully saturated rings. The predicted octanol–water partition coefficient (Wildman–Crippen LogP) is 6.46. The van der Waals surface area contributed by atoms with Crippen molar-refractivity contribution < 1.29 is 19.1 Å². The van der Waals surface area contributed by atoms with Crippen LogP contribution in [0.3, 0.4) is 0 Å². The lowest BCUT2D eigenvalue weighted by molar-refractivity contribution is -0.134. The van der Waals surface area contributed by atoms with Gasteiger partial charge in [0.1, 0.15) is 12.4 Å². The van der Waals surface area contributed by atoms with Gasteiger partial charge in [-0.25, -0.2) is 4.79 Å².